The van der Waals surface area contributed by atoms with Crippen molar-refractivity contribution in [3.8, 4) is 11.6 Å². The Bertz CT molecular complexity index is 1080. The van der Waals surface area contributed by atoms with Crippen molar-refractivity contribution < 1.29 is 8.42 Å². The molecule has 2 aromatic heterocycles. The topological polar surface area (TPSA) is 89.8 Å². The minimum atomic E-state index is -3.63. The van der Waals surface area contributed by atoms with Crippen molar-refractivity contribution in [1.29, 1.82) is 0 Å². The number of hydrogen-bond acceptors (Lipinski definition) is 5. The van der Waals surface area contributed by atoms with Gasteiger partial charge in [-0.25, -0.2) is 28.1 Å². The molecular weight excluding hydrogens is 374 g/mol. The average molecular weight is 400 g/mol. The molecule has 28 heavy (non-hydrogen) atoms. The Labute approximate surface area is 165 Å². The monoisotopic (exact) mass is 399 g/mol. The minimum absolute atomic E-state index is 0.239. The molecule has 0 aliphatic carbocycles. The molecule has 148 valence electrons. The number of aromatic nitrogens is 4. The van der Waals surface area contributed by atoms with Crippen LogP contribution in [0.3, 0.4) is 0 Å². The van der Waals surface area contributed by atoms with E-state index in [4.69, 9.17) is 0 Å². The summed E-state index contributed by atoms with van der Waals surface area (Å²) < 4.78 is 30.6. The van der Waals surface area contributed by atoms with Crippen LogP contribution in [-0.4, -0.2) is 34.5 Å². The molecule has 1 aromatic carbocycles. The van der Waals surface area contributed by atoms with Crippen LogP contribution in [-0.2, 0) is 16.6 Å². The normalized spacial score (nSPS) is 11.8. The fraction of sp³-hybridized carbons (Fsp3) is 0.350. The first-order valence-electron chi connectivity index (χ1n) is 9.09. The summed E-state index contributed by atoms with van der Waals surface area (Å²) in [5, 5.41) is 0. The molecule has 0 spiro atoms. The Hall–Kier alpha value is -2.58. The zero-order valence-corrected chi connectivity index (χ0v) is 17.6. The summed E-state index contributed by atoms with van der Waals surface area (Å²) >= 11 is 0. The number of imidazole rings is 1. The molecule has 0 amide bonds. The third-order valence-corrected chi connectivity index (χ3v) is 7.06. The number of nitrogens with zero attached hydrogens (tertiary/aromatic N) is 4. The highest BCUT2D eigenvalue weighted by atomic mass is 32.2. The molecule has 0 aliphatic rings. The quantitative estimate of drug-likeness (QED) is 0.688. The van der Waals surface area contributed by atoms with E-state index in [1.165, 1.54) is 0 Å². The molecule has 0 aliphatic heterocycles. The Balaban J connectivity index is 1.81. The number of benzene rings is 1. The Morgan fingerprint density at radius 2 is 1.43 bits per heavy atom. The maximum absolute atomic E-state index is 13.0. The third-order valence-electron chi connectivity index (χ3n) is 5.33. The van der Waals surface area contributed by atoms with Gasteiger partial charge in [0.25, 0.3) is 0 Å². The van der Waals surface area contributed by atoms with E-state index < -0.39 is 10.0 Å². The minimum Gasteiger partial charge on any atom is -0.327 e. The smallest absolute Gasteiger partial charge is 0.241 e. The van der Waals surface area contributed by atoms with Gasteiger partial charge in [-0.2, -0.15) is 0 Å². The van der Waals surface area contributed by atoms with Crippen molar-refractivity contribution in [2.24, 2.45) is 0 Å². The average Bonchev–Trinajstić information content (AvgIpc) is 3.14. The Kier molecular flexibility index (Phi) is 5.62. The lowest BCUT2D eigenvalue weighted by Gasteiger charge is -2.19. The SMILES string of the molecule is Cc1c(C)c(C)c(S(=O)(=O)NCCn2ccnc2-c2ncccn2)c(C)c1C. The van der Waals surface area contributed by atoms with Crippen molar-refractivity contribution in [2.75, 3.05) is 6.54 Å². The van der Waals surface area contributed by atoms with Crippen LogP contribution >= 0.6 is 0 Å². The molecule has 7 nitrogen and oxygen atoms in total. The van der Waals surface area contributed by atoms with Gasteiger partial charge in [0, 0.05) is 37.9 Å². The van der Waals surface area contributed by atoms with Crippen molar-refractivity contribution in [2.45, 2.75) is 46.1 Å². The lowest BCUT2D eigenvalue weighted by Crippen LogP contribution is -2.29. The highest BCUT2D eigenvalue weighted by Gasteiger charge is 2.23. The number of rotatable bonds is 6. The molecule has 3 aromatic rings. The zero-order valence-electron chi connectivity index (χ0n) is 16.8. The van der Waals surface area contributed by atoms with E-state index in [0.717, 1.165) is 27.8 Å². The van der Waals surface area contributed by atoms with Gasteiger partial charge in [-0.3, -0.25) is 0 Å². The summed E-state index contributed by atoms with van der Waals surface area (Å²) in [6.07, 6.45) is 6.74. The second-order valence-electron chi connectivity index (χ2n) is 6.87. The molecule has 0 fully saturated rings. The van der Waals surface area contributed by atoms with Gasteiger partial charge in [0.05, 0.1) is 4.90 Å². The number of hydrogen-bond donors (Lipinski definition) is 1. The number of sulfonamides is 1. The molecule has 0 saturated heterocycles. The van der Waals surface area contributed by atoms with Crippen LogP contribution in [0.4, 0.5) is 0 Å². The summed E-state index contributed by atoms with van der Waals surface area (Å²) in [5.74, 6) is 1.11. The van der Waals surface area contributed by atoms with E-state index in [2.05, 4.69) is 19.7 Å². The van der Waals surface area contributed by atoms with E-state index in [0.29, 0.717) is 23.1 Å². The molecule has 2 heterocycles. The van der Waals surface area contributed by atoms with Gasteiger partial charge < -0.3 is 4.57 Å². The maximum Gasteiger partial charge on any atom is 0.241 e. The van der Waals surface area contributed by atoms with E-state index in [1.54, 1.807) is 30.9 Å². The fourth-order valence-electron chi connectivity index (χ4n) is 3.35. The maximum atomic E-state index is 13.0. The zero-order chi connectivity index (χ0) is 20.5. The highest BCUT2D eigenvalue weighted by Crippen LogP contribution is 2.29. The summed E-state index contributed by atoms with van der Waals surface area (Å²) in [6.45, 7) is 10.4. The lowest BCUT2D eigenvalue weighted by atomic mass is 9.95. The van der Waals surface area contributed by atoms with Gasteiger partial charge in [-0.1, -0.05) is 0 Å². The molecule has 1 N–H and O–H groups in total. The molecule has 0 atom stereocenters. The van der Waals surface area contributed by atoms with Crippen molar-refractivity contribution in [3.05, 3.63) is 58.7 Å². The largest absolute Gasteiger partial charge is 0.327 e. The lowest BCUT2D eigenvalue weighted by molar-refractivity contribution is 0.571. The first-order valence-corrected chi connectivity index (χ1v) is 10.6. The standard InChI is InChI=1S/C20H25N5O2S/c1-13-14(2)16(4)18(17(5)15(13)3)28(26,27)24-10-12-25-11-9-23-20(25)19-21-7-6-8-22-19/h6-9,11,24H,10,12H2,1-5H3. The van der Waals surface area contributed by atoms with E-state index >= 15 is 0 Å². The second-order valence-corrected chi connectivity index (χ2v) is 8.57. The molecule has 3 rings (SSSR count). The van der Waals surface area contributed by atoms with Crippen LogP contribution < -0.4 is 4.72 Å². The van der Waals surface area contributed by atoms with Gasteiger partial charge >= 0.3 is 0 Å². The van der Waals surface area contributed by atoms with Gasteiger partial charge in [-0.15, -0.1) is 0 Å². The highest BCUT2D eigenvalue weighted by molar-refractivity contribution is 7.89. The summed E-state index contributed by atoms with van der Waals surface area (Å²) in [4.78, 5) is 13.1. The molecule has 0 radical (unpaired) electrons. The van der Waals surface area contributed by atoms with Crippen LogP contribution in [0.1, 0.15) is 27.8 Å². The fourth-order valence-corrected chi connectivity index (χ4v) is 4.97. The van der Waals surface area contributed by atoms with Gasteiger partial charge in [-0.05, 0) is 68.5 Å². The van der Waals surface area contributed by atoms with Crippen LogP contribution in [0.5, 0.6) is 0 Å². The van der Waals surface area contributed by atoms with Gasteiger partial charge in [0.1, 0.15) is 0 Å². The van der Waals surface area contributed by atoms with Gasteiger partial charge in [0.15, 0.2) is 11.6 Å². The van der Waals surface area contributed by atoms with E-state index in [-0.39, 0.29) is 6.54 Å². The van der Waals surface area contributed by atoms with Crippen LogP contribution in [0.15, 0.2) is 35.7 Å². The summed E-state index contributed by atoms with van der Waals surface area (Å²) in [5.41, 5.74) is 4.77. The van der Waals surface area contributed by atoms with E-state index in [9.17, 15) is 8.42 Å². The first-order chi connectivity index (χ1) is 13.2. The summed E-state index contributed by atoms with van der Waals surface area (Å²) in [7, 11) is -3.63. The van der Waals surface area contributed by atoms with Crippen LogP contribution in [0, 0.1) is 34.6 Å². The molecular formula is C20H25N5O2S. The Morgan fingerprint density at radius 3 is 2.04 bits per heavy atom. The first kappa shape index (κ1) is 20.2. The molecule has 8 heteroatoms. The van der Waals surface area contributed by atoms with Crippen molar-refractivity contribution >= 4 is 10.0 Å². The van der Waals surface area contributed by atoms with Gasteiger partial charge in [0.2, 0.25) is 10.0 Å². The van der Waals surface area contributed by atoms with E-state index in [1.807, 2.05) is 39.2 Å². The van der Waals surface area contributed by atoms with Crippen LogP contribution in [0.2, 0.25) is 0 Å². The summed E-state index contributed by atoms with van der Waals surface area (Å²) in [6, 6.07) is 1.74. The molecule has 0 saturated carbocycles. The van der Waals surface area contributed by atoms with Crippen molar-refractivity contribution in [1.82, 2.24) is 24.2 Å². The van der Waals surface area contributed by atoms with Crippen molar-refractivity contribution in [3.63, 3.8) is 0 Å². The number of nitrogens with one attached hydrogen (secondary N) is 1. The Morgan fingerprint density at radius 1 is 0.857 bits per heavy atom. The predicted octanol–water partition coefficient (Wildman–Crippen LogP) is 2.86. The van der Waals surface area contributed by atoms with Crippen LogP contribution in [0.25, 0.3) is 11.6 Å². The molecule has 0 bridgehead atoms. The molecule has 0 unspecified atom stereocenters. The second kappa shape index (κ2) is 7.81. The predicted molar refractivity (Wildman–Crippen MR) is 109 cm³/mol. The third kappa shape index (κ3) is 3.70.